The summed E-state index contributed by atoms with van der Waals surface area (Å²) in [6, 6.07) is 4.88. The van der Waals surface area contributed by atoms with Gasteiger partial charge in [-0.2, -0.15) is 0 Å². The Bertz CT molecular complexity index is 508. The van der Waals surface area contributed by atoms with Gasteiger partial charge in [-0.3, -0.25) is 10.1 Å². The first-order chi connectivity index (χ1) is 7.68. The van der Waals surface area contributed by atoms with Crippen molar-refractivity contribution in [1.82, 2.24) is 9.97 Å². The van der Waals surface area contributed by atoms with E-state index in [9.17, 15) is 10.1 Å². The highest BCUT2D eigenvalue weighted by Gasteiger charge is 2.13. The molecule has 0 saturated carbocycles. The number of anilines is 2. The molecular formula is C10H10N4O2. The molecular weight excluding hydrogens is 208 g/mol. The predicted octanol–water partition coefficient (Wildman–Crippen LogP) is 2.37. The van der Waals surface area contributed by atoms with Gasteiger partial charge >= 0.3 is 0 Å². The predicted molar refractivity (Wildman–Crippen MR) is 59.7 cm³/mol. The Morgan fingerprint density at radius 2 is 2.31 bits per heavy atom. The molecule has 16 heavy (non-hydrogen) atoms. The van der Waals surface area contributed by atoms with Gasteiger partial charge in [0.15, 0.2) is 0 Å². The fraction of sp³-hybridized carbons (Fsp3) is 0.100. The van der Waals surface area contributed by atoms with Crippen molar-refractivity contribution in [2.45, 2.75) is 6.92 Å². The van der Waals surface area contributed by atoms with Crippen LogP contribution in [0.4, 0.5) is 17.3 Å². The Labute approximate surface area is 91.5 Å². The van der Waals surface area contributed by atoms with E-state index in [2.05, 4.69) is 15.3 Å². The molecule has 0 atom stereocenters. The minimum atomic E-state index is -0.400. The third-order valence-corrected chi connectivity index (χ3v) is 2.25. The zero-order valence-corrected chi connectivity index (χ0v) is 8.60. The van der Waals surface area contributed by atoms with E-state index in [-0.39, 0.29) is 5.69 Å². The monoisotopic (exact) mass is 218 g/mol. The van der Waals surface area contributed by atoms with Gasteiger partial charge < -0.3 is 10.3 Å². The fourth-order valence-corrected chi connectivity index (χ4v) is 1.42. The number of nitrogens with one attached hydrogen (secondary N) is 2. The van der Waals surface area contributed by atoms with Crippen molar-refractivity contribution in [1.29, 1.82) is 0 Å². The van der Waals surface area contributed by atoms with E-state index in [0.29, 0.717) is 17.2 Å². The van der Waals surface area contributed by atoms with Crippen LogP contribution in [0.3, 0.4) is 0 Å². The van der Waals surface area contributed by atoms with Crippen LogP contribution in [-0.2, 0) is 0 Å². The third-order valence-electron chi connectivity index (χ3n) is 2.25. The first kappa shape index (κ1) is 10.2. The lowest BCUT2D eigenvalue weighted by Gasteiger charge is -2.06. The van der Waals surface area contributed by atoms with Crippen molar-refractivity contribution >= 4 is 17.3 Å². The molecule has 0 aliphatic rings. The van der Waals surface area contributed by atoms with Crippen molar-refractivity contribution in [3.05, 3.63) is 46.3 Å². The Hall–Kier alpha value is -2.37. The minimum Gasteiger partial charge on any atom is -0.331 e. The van der Waals surface area contributed by atoms with Crippen molar-refractivity contribution in [3.63, 3.8) is 0 Å². The summed E-state index contributed by atoms with van der Waals surface area (Å²) in [4.78, 5) is 17.2. The van der Waals surface area contributed by atoms with Gasteiger partial charge in [0, 0.05) is 18.5 Å². The highest BCUT2D eigenvalue weighted by atomic mass is 16.6. The summed E-state index contributed by atoms with van der Waals surface area (Å²) in [6.07, 6.45) is 3.28. The molecule has 0 aliphatic carbocycles. The quantitative estimate of drug-likeness (QED) is 0.611. The van der Waals surface area contributed by atoms with E-state index < -0.39 is 4.92 Å². The molecule has 0 unspecified atom stereocenters. The summed E-state index contributed by atoms with van der Waals surface area (Å²) in [5.41, 5.74) is 1.35. The van der Waals surface area contributed by atoms with Crippen molar-refractivity contribution < 1.29 is 4.92 Å². The molecule has 6 heteroatoms. The molecule has 2 rings (SSSR count). The normalized spacial score (nSPS) is 10.1. The van der Waals surface area contributed by atoms with Crippen LogP contribution in [0.15, 0.2) is 30.6 Å². The molecule has 0 spiro atoms. The molecule has 2 N–H and O–H groups in total. The molecule has 0 fully saturated rings. The summed E-state index contributed by atoms with van der Waals surface area (Å²) in [5, 5.41) is 13.7. The van der Waals surface area contributed by atoms with Crippen LogP contribution >= 0.6 is 0 Å². The summed E-state index contributed by atoms with van der Waals surface area (Å²) in [6.45, 7) is 1.70. The molecule has 1 heterocycles. The Balaban J connectivity index is 2.35. The van der Waals surface area contributed by atoms with Crippen molar-refractivity contribution in [2.24, 2.45) is 0 Å². The number of aromatic nitrogens is 2. The van der Waals surface area contributed by atoms with Gasteiger partial charge in [-0.15, -0.1) is 0 Å². The molecule has 0 bridgehead atoms. The largest absolute Gasteiger partial charge is 0.331 e. The second kappa shape index (κ2) is 4.01. The lowest BCUT2D eigenvalue weighted by molar-refractivity contribution is -0.385. The smallest absolute Gasteiger partial charge is 0.274 e. The first-order valence-electron chi connectivity index (χ1n) is 4.69. The maximum absolute atomic E-state index is 10.7. The van der Waals surface area contributed by atoms with Crippen LogP contribution in [0, 0.1) is 17.0 Å². The number of hydrogen-bond donors (Lipinski definition) is 2. The van der Waals surface area contributed by atoms with E-state index in [1.54, 1.807) is 31.5 Å². The topological polar surface area (TPSA) is 83.8 Å². The SMILES string of the molecule is Cc1c(Nc2ncc[nH]2)cccc1[N+](=O)[O-]. The summed E-state index contributed by atoms with van der Waals surface area (Å²) < 4.78 is 0. The van der Waals surface area contributed by atoms with Crippen LogP contribution in [0.1, 0.15) is 5.56 Å². The zero-order chi connectivity index (χ0) is 11.5. The Morgan fingerprint density at radius 1 is 1.50 bits per heavy atom. The van der Waals surface area contributed by atoms with E-state index in [1.165, 1.54) is 6.07 Å². The van der Waals surface area contributed by atoms with Gasteiger partial charge in [-0.1, -0.05) is 6.07 Å². The lowest BCUT2D eigenvalue weighted by atomic mass is 10.1. The maximum Gasteiger partial charge on any atom is 0.274 e. The lowest BCUT2D eigenvalue weighted by Crippen LogP contribution is -1.98. The van der Waals surface area contributed by atoms with Crippen LogP contribution < -0.4 is 5.32 Å². The second-order valence-corrected chi connectivity index (χ2v) is 3.27. The Kier molecular flexibility index (Phi) is 2.55. The molecule has 0 amide bonds. The molecule has 1 aromatic heterocycles. The number of benzene rings is 1. The van der Waals surface area contributed by atoms with Crippen LogP contribution in [-0.4, -0.2) is 14.9 Å². The maximum atomic E-state index is 10.7. The number of nitro groups is 1. The molecule has 6 nitrogen and oxygen atoms in total. The van der Waals surface area contributed by atoms with Gasteiger partial charge in [-0.25, -0.2) is 4.98 Å². The fourth-order valence-electron chi connectivity index (χ4n) is 1.42. The van der Waals surface area contributed by atoms with E-state index >= 15 is 0 Å². The van der Waals surface area contributed by atoms with Crippen molar-refractivity contribution in [2.75, 3.05) is 5.32 Å². The summed E-state index contributed by atoms with van der Waals surface area (Å²) in [5.74, 6) is 0.559. The minimum absolute atomic E-state index is 0.0940. The number of nitrogens with zero attached hydrogens (tertiary/aromatic N) is 2. The van der Waals surface area contributed by atoms with Crippen LogP contribution in [0.5, 0.6) is 0 Å². The van der Waals surface area contributed by atoms with Crippen molar-refractivity contribution in [3.8, 4) is 0 Å². The van der Waals surface area contributed by atoms with Crippen LogP contribution in [0.25, 0.3) is 0 Å². The molecule has 0 radical (unpaired) electrons. The third kappa shape index (κ3) is 1.85. The second-order valence-electron chi connectivity index (χ2n) is 3.27. The van der Waals surface area contributed by atoms with Crippen LogP contribution in [0.2, 0.25) is 0 Å². The molecule has 0 saturated heterocycles. The van der Waals surface area contributed by atoms with Gasteiger partial charge in [0.25, 0.3) is 5.69 Å². The molecule has 0 aliphatic heterocycles. The number of hydrogen-bond acceptors (Lipinski definition) is 4. The van der Waals surface area contributed by atoms with E-state index in [1.807, 2.05) is 0 Å². The van der Waals surface area contributed by atoms with Gasteiger partial charge in [0.2, 0.25) is 5.95 Å². The highest BCUT2D eigenvalue weighted by molar-refractivity contribution is 5.64. The molecule has 1 aromatic carbocycles. The first-order valence-corrected chi connectivity index (χ1v) is 4.69. The van der Waals surface area contributed by atoms with E-state index in [0.717, 1.165) is 0 Å². The number of nitro benzene ring substituents is 1. The average Bonchev–Trinajstić information content (AvgIpc) is 2.73. The average molecular weight is 218 g/mol. The van der Waals surface area contributed by atoms with Gasteiger partial charge in [0.1, 0.15) is 0 Å². The van der Waals surface area contributed by atoms with Gasteiger partial charge in [-0.05, 0) is 13.0 Å². The molecule has 82 valence electrons. The number of rotatable bonds is 3. The number of aromatic amines is 1. The molecule has 2 aromatic rings. The Morgan fingerprint density at radius 3 is 2.94 bits per heavy atom. The standard InChI is InChI=1S/C10H10N4O2/c1-7-8(13-10-11-5-6-12-10)3-2-4-9(7)14(15)16/h2-6H,1H3,(H2,11,12,13). The summed E-state index contributed by atoms with van der Waals surface area (Å²) in [7, 11) is 0. The van der Waals surface area contributed by atoms with Gasteiger partial charge in [0.05, 0.1) is 16.2 Å². The summed E-state index contributed by atoms with van der Waals surface area (Å²) >= 11 is 0. The van der Waals surface area contributed by atoms with E-state index in [4.69, 9.17) is 0 Å². The zero-order valence-electron chi connectivity index (χ0n) is 8.60. The highest BCUT2D eigenvalue weighted by Crippen LogP contribution is 2.26. The number of H-pyrrole nitrogens is 1. The number of imidazole rings is 1.